The molecule has 0 unspecified atom stereocenters. The van der Waals surface area contributed by atoms with Gasteiger partial charge < -0.3 is 14.8 Å². The second kappa shape index (κ2) is 12.0. The minimum Gasteiger partial charge on any atom is -0.356 e. The smallest absolute Gasteiger partial charge is 0.193 e. The Bertz CT molecular complexity index is 944. The van der Waals surface area contributed by atoms with Crippen LogP contribution >= 0.6 is 24.0 Å². The number of rotatable bonds is 7. The summed E-state index contributed by atoms with van der Waals surface area (Å²) in [6, 6.07) is 15.3. The fourth-order valence-corrected chi connectivity index (χ4v) is 4.08. The van der Waals surface area contributed by atoms with E-state index in [1.54, 1.807) is 12.7 Å². The molecule has 1 N–H and O–H groups in total. The van der Waals surface area contributed by atoms with Gasteiger partial charge >= 0.3 is 0 Å². The highest BCUT2D eigenvalue weighted by atomic mass is 127. The van der Waals surface area contributed by atoms with Crippen molar-refractivity contribution in [1.29, 1.82) is 0 Å². The van der Waals surface area contributed by atoms with Crippen LogP contribution in [-0.2, 0) is 13.1 Å². The third-order valence-corrected chi connectivity index (χ3v) is 5.75. The van der Waals surface area contributed by atoms with E-state index >= 15 is 0 Å². The van der Waals surface area contributed by atoms with Crippen LogP contribution < -0.4 is 5.32 Å². The molecular weight excluding hydrogens is 501 g/mol. The highest BCUT2D eigenvalue weighted by Gasteiger charge is 2.19. The van der Waals surface area contributed by atoms with Gasteiger partial charge in [0.15, 0.2) is 5.96 Å². The summed E-state index contributed by atoms with van der Waals surface area (Å²) in [7, 11) is 1.88. The van der Waals surface area contributed by atoms with Gasteiger partial charge in [-0.25, -0.2) is 0 Å². The maximum absolute atomic E-state index is 4.50. The molecule has 3 aromatic rings. The SMILES string of the molecule is CN=C(NCCCCn1cnnc1)N1CCN(Cc2cccc3ccccc23)CC1.I. The summed E-state index contributed by atoms with van der Waals surface area (Å²) in [6.45, 7) is 7.01. The number of nitrogens with zero attached hydrogens (tertiary/aromatic N) is 6. The number of fused-ring (bicyclic) bond motifs is 1. The van der Waals surface area contributed by atoms with Crippen molar-refractivity contribution in [2.24, 2.45) is 4.99 Å². The van der Waals surface area contributed by atoms with Crippen LogP contribution in [0.1, 0.15) is 18.4 Å². The summed E-state index contributed by atoms with van der Waals surface area (Å²) in [6.07, 6.45) is 5.73. The Balaban J connectivity index is 0.00000272. The number of unbranched alkanes of at least 4 members (excludes halogenated alkanes) is 1. The molecule has 7 nitrogen and oxygen atoms in total. The third kappa shape index (κ3) is 6.39. The lowest BCUT2D eigenvalue weighted by atomic mass is 10.0. The Morgan fingerprint density at radius 1 is 0.968 bits per heavy atom. The molecule has 166 valence electrons. The van der Waals surface area contributed by atoms with E-state index < -0.39 is 0 Å². The minimum absolute atomic E-state index is 0. The van der Waals surface area contributed by atoms with Crippen molar-refractivity contribution < 1.29 is 0 Å². The first-order valence-corrected chi connectivity index (χ1v) is 10.8. The summed E-state index contributed by atoms with van der Waals surface area (Å²) in [4.78, 5) is 9.42. The molecule has 1 saturated heterocycles. The number of nitrogens with one attached hydrogen (secondary N) is 1. The zero-order valence-corrected chi connectivity index (χ0v) is 20.5. The number of aliphatic imine (C=N–C) groups is 1. The van der Waals surface area contributed by atoms with Crippen molar-refractivity contribution in [2.45, 2.75) is 25.9 Å². The molecule has 0 bridgehead atoms. The van der Waals surface area contributed by atoms with Crippen LogP contribution in [0.4, 0.5) is 0 Å². The van der Waals surface area contributed by atoms with Crippen LogP contribution in [0.15, 0.2) is 60.1 Å². The predicted octanol–water partition coefficient (Wildman–Crippen LogP) is 3.22. The van der Waals surface area contributed by atoms with Gasteiger partial charge in [-0.2, -0.15) is 0 Å². The molecule has 0 amide bonds. The molecule has 31 heavy (non-hydrogen) atoms. The molecule has 0 atom stereocenters. The number of piperazine rings is 1. The number of aromatic nitrogens is 3. The zero-order chi connectivity index (χ0) is 20.6. The van der Waals surface area contributed by atoms with Gasteiger partial charge in [0.1, 0.15) is 12.7 Å². The second-order valence-corrected chi connectivity index (χ2v) is 7.78. The number of halogens is 1. The van der Waals surface area contributed by atoms with Crippen LogP contribution in [0, 0.1) is 0 Å². The van der Waals surface area contributed by atoms with Gasteiger partial charge in [0.2, 0.25) is 0 Å². The first-order valence-electron chi connectivity index (χ1n) is 10.8. The molecule has 0 saturated carbocycles. The number of aryl methyl sites for hydroxylation is 1. The van der Waals surface area contributed by atoms with Crippen molar-refractivity contribution in [3.63, 3.8) is 0 Å². The molecule has 1 fully saturated rings. The van der Waals surface area contributed by atoms with Gasteiger partial charge in [0.05, 0.1) is 0 Å². The predicted molar refractivity (Wildman–Crippen MR) is 137 cm³/mol. The summed E-state index contributed by atoms with van der Waals surface area (Å²) in [5.74, 6) is 1.02. The molecule has 0 spiro atoms. The molecule has 8 heteroatoms. The molecule has 2 aromatic carbocycles. The minimum atomic E-state index is 0. The van der Waals surface area contributed by atoms with E-state index in [1.807, 2.05) is 11.6 Å². The van der Waals surface area contributed by atoms with Crippen molar-refractivity contribution in [3.8, 4) is 0 Å². The summed E-state index contributed by atoms with van der Waals surface area (Å²) >= 11 is 0. The monoisotopic (exact) mass is 533 g/mol. The lowest BCUT2D eigenvalue weighted by molar-refractivity contribution is 0.173. The largest absolute Gasteiger partial charge is 0.356 e. The summed E-state index contributed by atoms with van der Waals surface area (Å²) in [5, 5.41) is 13.9. The first kappa shape index (κ1) is 23.5. The van der Waals surface area contributed by atoms with Crippen molar-refractivity contribution >= 4 is 40.7 Å². The quantitative estimate of drug-likeness (QED) is 0.219. The summed E-state index contributed by atoms with van der Waals surface area (Å²) < 4.78 is 2.02. The van der Waals surface area contributed by atoms with E-state index in [1.165, 1.54) is 16.3 Å². The lowest BCUT2D eigenvalue weighted by Crippen LogP contribution is -2.52. The standard InChI is InChI=1S/C23H31N7.HI/c1-24-23(25-11-4-5-12-29-18-26-27-19-29)30-15-13-28(14-16-30)17-21-9-6-8-20-7-2-3-10-22(20)21;/h2-3,6-10,18-19H,4-5,11-17H2,1H3,(H,24,25);1H. The van der Waals surface area contributed by atoms with E-state index in [0.29, 0.717) is 0 Å². The average molecular weight is 533 g/mol. The Morgan fingerprint density at radius 2 is 1.71 bits per heavy atom. The first-order chi connectivity index (χ1) is 14.8. The van der Waals surface area contributed by atoms with E-state index in [9.17, 15) is 0 Å². The highest BCUT2D eigenvalue weighted by molar-refractivity contribution is 14.0. The van der Waals surface area contributed by atoms with Crippen LogP contribution in [0.2, 0.25) is 0 Å². The number of guanidine groups is 1. The fourth-order valence-electron chi connectivity index (χ4n) is 4.08. The van der Waals surface area contributed by atoms with Gasteiger partial charge in [-0.3, -0.25) is 9.89 Å². The van der Waals surface area contributed by atoms with Crippen LogP contribution in [-0.4, -0.2) is 70.3 Å². The molecule has 2 heterocycles. The molecular formula is C23H32IN7. The number of benzene rings is 2. The molecule has 0 aliphatic carbocycles. The maximum Gasteiger partial charge on any atom is 0.193 e. The average Bonchev–Trinajstić information content (AvgIpc) is 3.31. The Kier molecular flexibility index (Phi) is 9.08. The van der Waals surface area contributed by atoms with Gasteiger partial charge in [-0.05, 0) is 29.2 Å². The van der Waals surface area contributed by atoms with Crippen LogP contribution in [0.3, 0.4) is 0 Å². The molecule has 1 aromatic heterocycles. The van der Waals surface area contributed by atoms with E-state index in [-0.39, 0.29) is 24.0 Å². The molecule has 1 aliphatic heterocycles. The van der Waals surface area contributed by atoms with Crippen molar-refractivity contribution in [1.82, 2.24) is 29.9 Å². The molecule has 4 rings (SSSR count). The summed E-state index contributed by atoms with van der Waals surface area (Å²) in [5.41, 5.74) is 1.41. The third-order valence-electron chi connectivity index (χ3n) is 5.75. The Labute approximate surface area is 201 Å². The van der Waals surface area contributed by atoms with E-state index in [0.717, 1.165) is 64.6 Å². The number of hydrogen-bond donors (Lipinski definition) is 1. The Hall–Kier alpha value is -2.20. The number of hydrogen-bond acceptors (Lipinski definition) is 4. The highest BCUT2D eigenvalue weighted by Crippen LogP contribution is 2.20. The molecule has 0 radical (unpaired) electrons. The maximum atomic E-state index is 4.50. The lowest BCUT2D eigenvalue weighted by Gasteiger charge is -2.36. The van der Waals surface area contributed by atoms with E-state index in [2.05, 4.69) is 72.8 Å². The Morgan fingerprint density at radius 3 is 2.48 bits per heavy atom. The van der Waals surface area contributed by atoms with Crippen LogP contribution in [0.25, 0.3) is 10.8 Å². The van der Waals surface area contributed by atoms with Gasteiger partial charge in [0.25, 0.3) is 0 Å². The van der Waals surface area contributed by atoms with E-state index in [4.69, 9.17) is 0 Å². The van der Waals surface area contributed by atoms with Gasteiger partial charge in [-0.15, -0.1) is 34.2 Å². The fraction of sp³-hybridized carbons (Fsp3) is 0.435. The van der Waals surface area contributed by atoms with Gasteiger partial charge in [0, 0.05) is 52.9 Å². The zero-order valence-electron chi connectivity index (χ0n) is 18.2. The van der Waals surface area contributed by atoms with Crippen molar-refractivity contribution in [2.75, 3.05) is 39.8 Å². The van der Waals surface area contributed by atoms with Crippen LogP contribution in [0.5, 0.6) is 0 Å². The van der Waals surface area contributed by atoms with Crippen molar-refractivity contribution in [3.05, 3.63) is 60.7 Å². The van der Waals surface area contributed by atoms with Gasteiger partial charge in [-0.1, -0.05) is 42.5 Å². The second-order valence-electron chi connectivity index (χ2n) is 7.78. The molecule has 1 aliphatic rings. The topological polar surface area (TPSA) is 61.6 Å². The normalized spacial score (nSPS) is 15.1.